The SMILES string of the molecule is CC(=O)Nc1ccc([AsH2]=O)cc1. The summed E-state index contributed by atoms with van der Waals surface area (Å²) in [5.74, 6) is -0.0938. The van der Waals surface area contributed by atoms with Crippen molar-refractivity contribution in [3.63, 3.8) is 0 Å². The van der Waals surface area contributed by atoms with Crippen molar-refractivity contribution in [1.82, 2.24) is 0 Å². The van der Waals surface area contributed by atoms with Crippen LogP contribution in [0, 0.1) is 0 Å². The molecule has 0 aliphatic heterocycles. The number of carbonyl (C=O) groups is 1. The van der Waals surface area contributed by atoms with Crippen molar-refractivity contribution < 1.29 is 8.53 Å². The van der Waals surface area contributed by atoms with Crippen molar-refractivity contribution >= 4 is 31.6 Å². The van der Waals surface area contributed by atoms with Gasteiger partial charge in [0.15, 0.2) is 0 Å². The van der Waals surface area contributed by atoms with E-state index in [1.807, 2.05) is 0 Å². The van der Waals surface area contributed by atoms with E-state index >= 15 is 0 Å². The number of hydrogen-bond donors (Lipinski definition) is 1. The Morgan fingerprint density at radius 1 is 1.33 bits per heavy atom. The van der Waals surface area contributed by atoms with Crippen LogP contribution in [0.5, 0.6) is 0 Å². The first-order valence-electron chi connectivity index (χ1n) is 3.55. The van der Waals surface area contributed by atoms with Crippen molar-refractivity contribution in [3.8, 4) is 0 Å². The molecule has 0 aliphatic carbocycles. The van der Waals surface area contributed by atoms with Gasteiger partial charge in [-0.05, 0) is 0 Å². The molecule has 3 nitrogen and oxygen atoms in total. The van der Waals surface area contributed by atoms with Crippen LogP contribution < -0.4 is 9.67 Å². The number of benzene rings is 1. The fourth-order valence-electron chi connectivity index (χ4n) is 0.848. The van der Waals surface area contributed by atoms with Crippen molar-refractivity contribution in [3.05, 3.63) is 24.3 Å². The van der Waals surface area contributed by atoms with Gasteiger partial charge in [-0.1, -0.05) is 0 Å². The molecule has 1 aromatic carbocycles. The summed E-state index contributed by atoms with van der Waals surface area (Å²) in [6.45, 7) is 1.46. The molecule has 0 aliphatic rings. The zero-order valence-corrected chi connectivity index (χ0v) is 9.13. The van der Waals surface area contributed by atoms with Gasteiger partial charge >= 0.3 is 76.7 Å². The maximum absolute atomic E-state index is 10.6. The average Bonchev–Trinajstić information content (AvgIpc) is 2.05. The molecule has 0 saturated carbocycles. The standard InChI is InChI=1S/C8H10AsNO2/c1-6(11)10-8-4-2-7(9-12)3-5-8/h2-5H,9H2,1H3,(H,10,11). The van der Waals surface area contributed by atoms with Gasteiger partial charge in [0.05, 0.1) is 0 Å². The number of hydrogen-bond acceptors (Lipinski definition) is 2. The molecule has 4 heteroatoms. The van der Waals surface area contributed by atoms with Crippen molar-refractivity contribution in [2.75, 3.05) is 5.32 Å². The molecule has 0 spiro atoms. The molecule has 1 amide bonds. The number of nitrogens with one attached hydrogen (secondary N) is 1. The molecular formula is C8H10AsNO2. The van der Waals surface area contributed by atoms with Gasteiger partial charge < -0.3 is 0 Å². The van der Waals surface area contributed by atoms with Crippen molar-refractivity contribution in [2.45, 2.75) is 6.92 Å². The summed E-state index contributed by atoms with van der Waals surface area (Å²) in [5.41, 5.74) is 0.747. The summed E-state index contributed by atoms with van der Waals surface area (Å²) < 4.78 is 11.4. The Morgan fingerprint density at radius 2 is 1.92 bits per heavy atom. The van der Waals surface area contributed by atoms with Crippen LogP contribution in [-0.4, -0.2) is 21.6 Å². The first-order valence-corrected chi connectivity index (χ1v) is 5.75. The van der Waals surface area contributed by atoms with Crippen LogP contribution >= 0.6 is 0 Å². The van der Waals surface area contributed by atoms with Gasteiger partial charge in [-0.2, -0.15) is 0 Å². The van der Waals surface area contributed by atoms with E-state index in [9.17, 15) is 8.53 Å². The van der Waals surface area contributed by atoms with E-state index in [1.54, 1.807) is 24.3 Å². The van der Waals surface area contributed by atoms with E-state index in [0.717, 1.165) is 10.0 Å². The molecular weight excluding hydrogens is 217 g/mol. The molecule has 1 rings (SSSR count). The zero-order valence-electron chi connectivity index (χ0n) is 6.70. The zero-order chi connectivity index (χ0) is 8.97. The molecule has 1 atom stereocenters. The van der Waals surface area contributed by atoms with E-state index in [0.29, 0.717) is 0 Å². The molecule has 1 N–H and O–H groups in total. The average molecular weight is 227 g/mol. The summed E-state index contributed by atoms with van der Waals surface area (Å²) >= 11 is -1.45. The van der Waals surface area contributed by atoms with Gasteiger partial charge in [-0.15, -0.1) is 0 Å². The van der Waals surface area contributed by atoms with Gasteiger partial charge in [-0.25, -0.2) is 0 Å². The van der Waals surface area contributed by atoms with Crippen molar-refractivity contribution in [2.24, 2.45) is 0 Å². The van der Waals surface area contributed by atoms with E-state index in [1.165, 1.54) is 6.92 Å². The number of rotatable bonds is 2. The third-order valence-corrected chi connectivity index (χ3v) is 2.75. The first kappa shape index (κ1) is 9.14. The number of anilines is 1. The summed E-state index contributed by atoms with van der Waals surface area (Å²) in [4.78, 5) is 10.6. The molecule has 0 fully saturated rings. The second-order valence-corrected chi connectivity index (χ2v) is 4.31. The first-order chi connectivity index (χ1) is 5.72. The Bertz CT molecular complexity index is 294. The normalized spacial score (nSPS) is 10.4. The topological polar surface area (TPSA) is 46.2 Å². The van der Waals surface area contributed by atoms with Crippen LogP contribution in [0.3, 0.4) is 0 Å². The third kappa shape index (κ3) is 2.59. The minimum absolute atomic E-state index is 0.0938. The molecule has 0 heterocycles. The quantitative estimate of drug-likeness (QED) is 0.710. The van der Waals surface area contributed by atoms with Crippen LogP contribution in [-0.2, 0) is 8.53 Å². The fourth-order valence-corrected chi connectivity index (χ4v) is 1.58. The summed E-state index contributed by atoms with van der Waals surface area (Å²) in [7, 11) is 0. The van der Waals surface area contributed by atoms with Gasteiger partial charge in [0.2, 0.25) is 0 Å². The third-order valence-electron chi connectivity index (χ3n) is 1.37. The van der Waals surface area contributed by atoms with Gasteiger partial charge in [0.1, 0.15) is 0 Å². The molecule has 0 radical (unpaired) electrons. The Balaban J connectivity index is 2.77. The van der Waals surface area contributed by atoms with E-state index in [4.69, 9.17) is 0 Å². The Labute approximate surface area is 77.1 Å². The Morgan fingerprint density at radius 3 is 2.33 bits per heavy atom. The van der Waals surface area contributed by atoms with Crippen LogP contribution in [0.25, 0.3) is 0 Å². The molecule has 0 saturated heterocycles. The van der Waals surface area contributed by atoms with E-state index in [-0.39, 0.29) is 5.91 Å². The van der Waals surface area contributed by atoms with E-state index < -0.39 is 15.7 Å². The Hall–Kier alpha value is -0.952. The number of carbonyl (C=O) groups excluding carboxylic acids is 1. The van der Waals surface area contributed by atoms with Crippen molar-refractivity contribution in [1.29, 1.82) is 0 Å². The molecule has 0 aromatic heterocycles. The molecule has 1 aromatic rings. The summed E-state index contributed by atoms with van der Waals surface area (Å²) in [6.07, 6.45) is 0. The molecule has 0 bridgehead atoms. The van der Waals surface area contributed by atoms with Gasteiger partial charge in [0.25, 0.3) is 0 Å². The minimum atomic E-state index is -1.45. The predicted octanol–water partition coefficient (Wildman–Crippen LogP) is -0.215. The Kier molecular flexibility index (Phi) is 3.17. The van der Waals surface area contributed by atoms with Gasteiger partial charge in [0, 0.05) is 0 Å². The van der Waals surface area contributed by atoms with Crippen LogP contribution in [0.4, 0.5) is 5.69 Å². The number of amides is 1. The van der Waals surface area contributed by atoms with Crippen LogP contribution in [0.2, 0.25) is 0 Å². The molecule has 1 unspecified atom stereocenters. The maximum atomic E-state index is 10.6. The predicted molar refractivity (Wildman–Crippen MR) is 49.6 cm³/mol. The summed E-state index contributed by atoms with van der Waals surface area (Å²) in [6, 6.07) is 7.06. The summed E-state index contributed by atoms with van der Waals surface area (Å²) in [5, 5.41) is 2.63. The van der Waals surface area contributed by atoms with Gasteiger partial charge in [-0.3, -0.25) is 0 Å². The van der Waals surface area contributed by atoms with Crippen LogP contribution in [0.1, 0.15) is 6.92 Å². The second-order valence-electron chi connectivity index (χ2n) is 2.42. The molecule has 64 valence electrons. The van der Waals surface area contributed by atoms with E-state index in [2.05, 4.69) is 5.32 Å². The molecule has 12 heavy (non-hydrogen) atoms. The monoisotopic (exact) mass is 227 g/mol. The second kappa shape index (κ2) is 4.17. The fraction of sp³-hybridized carbons (Fsp3) is 0.125. The van der Waals surface area contributed by atoms with Crippen LogP contribution in [0.15, 0.2) is 24.3 Å².